The fourth-order valence-electron chi connectivity index (χ4n) is 3.11. The molecule has 0 aliphatic heterocycles. The molecule has 3 aromatic carbocycles. The summed E-state index contributed by atoms with van der Waals surface area (Å²) in [5.74, 6) is 0. The lowest BCUT2D eigenvalue weighted by Gasteiger charge is -2.08. The molecule has 4 nitrogen and oxygen atoms in total. The molecule has 1 N–H and O–H groups in total. The van der Waals surface area contributed by atoms with E-state index in [1.807, 2.05) is 37.4 Å². The van der Waals surface area contributed by atoms with Crippen LogP contribution in [0.1, 0.15) is 0 Å². The highest BCUT2D eigenvalue weighted by atomic mass is 32.2. The van der Waals surface area contributed by atoms with E-state index >= 15 is 0 Å². The van der Waals surface area contributed by atoms with Gasteiger partial charge in [0.2, 0.25) is 0 Å². The Balaban J connectivity index is 1.73. The van der Waals surface area contributed by atoms with Gasteiger partial charge in [-0.2, -0.15) is 0 Å². The predicted octanol–water partition coefficient (Wildman–Crippen LogP) is 4.65. The Morgan fingerprint density at radius 3 is 2.15 bits per heavy atom. The molecule has 1 heterocycles. The van der Waals surface area contributed by atoms with Crippen molar-refractivity contribution >= 4 is 26.6 Å². The first-order chi connectivity index (χ1) is 12.5. The number of sulfonamides is 1. The number of anilines is 1. The summed E-state index contributed by atoms with van der Waals surface area (Å²) < 4.78 is 29.8. The average Bonchev–Trinajstić information content (AvgIpc) is 2.99. The number of hydrogen-bond donors (Lipinski definition) is 1. The summed E-state index contributed by atoms with van der Waals surface area (Å²) in [7, 11) is -1.58. The lowest BCUT2D eigenvalue weighted by atomic mass is 10.1. The minimum absolute atomic E-state index is 0.248. The predicted molar refractivity (Wildman–Crippen MR) is 106 cm³/mol. The van der Waals surface area contributed by atoms with Crippen LogP contribution in [0.25, 0.3) is 22.2 Å². The second-order valence-electron chi connectivity index (χ2n) is 6.15. The summed E-state index contributed by atoms with van der Waals surface area (Å²) in [6, 6.07) is 26.2. The van der Waals surface area contributed by atoms with Gasteiger partial charge in [0.25, 0.3) is 10.0 Å². The summed E-state index contributed by atoms with van der Waals surface area (Å²) in [5, 5.41) is 0.986. The van der Waals surface area contributed by atoms with Gasteiger partial charge in [-0.3, -0.25) is 4.72 Å². The summed E-state index contributed by atoms with van der Waals surface area (Å²) >= 11 is 0. The van der Waals surface area contributed by atoms with E-state index in [-0.39, 0.29) is 4.90 Å². The molecule has 4 rings (SSSR count). The topological polar surface area (TPSA) is 51.1 Å². The summed E-state index contributed by atoms with van der Waals surface area (Å²) in [6.07, 6.45) is 0. The number of aromatic nitrogens is 1. The molecule has 26 heavy (non-hydrogen) atoms. The zero-order valence-corrected chi connectivity index (χ0v) is 15.1. The minimum atomic E-state index is -3.59. The van der Waals surface area contributed by atoms with Crippen LogP contribution in [0.4, 0.5) is 5.69 Å². The van der Waals surface area contributed by atoms with Gasteiger partial charge in [0.05, 0.1) is 4.90 Å². The molecule has 0 saturated carbocycles. The van der Waals surface area contributed by atoms with Gasteiger partial charge in [0, 0.05) is 29.3 Å². The molecule has 0 fully saturated rings. The number of hydrogen-bond acceptors (Lipinski definition) is 2. The quantitative estimate of drug-likeness (QED) is 0.575. The first-order valence-electron chi connectivity index (χ1n) is 8.27. The number of fused-ring (bicyclic) bond motifs is 1. The van der Waals surface area contributed by atoms with E-state index < -0.39 is 10.0 Å². The van der Waals surface area contributed by atoms with E-state index in [0.717, 1.165) is 22.2 Å². The zero-order chi connectivity index (χ0) is 18.1. The highest BCUT2D eigenvalue weighted by Crippen LogP contribution is 2.29. The Labute approximate surface area is 152 Å². The fourth-order valence-corrected chi connectivity index (χ4v) is 4.18. The lowest BCUT2D eigenvalue weighted by Crippen LogP contribution is -2.12. The number of nitrogens with zero attached hydrogens (tertiary/aromatic N) is 1. The van der Waals surface area contributed by atoms with Crippen molar-refractivity contribution < 1.29 is 8.42 Å². The van der Waals surface area contributed by atoms with Crippen molar-refractivity contribution in [3.8, 4) is 11.3 Å². The van der Waals surface area contributed by atoms with Gasteiger partial charge >= 0.3 is 0 Å². The Kier molecular flexibility index (Phi) is 4.01. The second kappa shape index (κ2) is 6.35. The third kappa shape index (κ3) is 2.97. The SMILES string of the molecule is Cn1c(-c2ccccc2)cc2cc(NS(=O)(=O)c3ccccc3)ccc21. The molecule has 0 amide bonds. The molecule has 0 aliphatic rings. The van der Waals surface area contributed by atoms with E-state index in [0.29, 0.717) is 5.69 Å². The third-order valence-electron chi connectivity index (χ3n) is 4.42. The number of nitrogens with one attached hydrogen (secondary N) is 1. The highest BCUT2D eigenvalue weighted by molar-refractivity contribution is 7.92. The molecule has 4 aromatic rings. The minimum Gasteiger partial charge on any atom is -0.344 e. The summed E-state index contributed by atoms with van der Waals surface area (Å²) in [4.78, 5) is 0.248. The van der Waals surface area contributed by atoms with Crippen LogP contribution < -0.4 is 4.72 Å². The molecule has 0 bridgehead atoms. The molecule has 0 radical (unpaired) electrons. The molecular formula is C21H18N2O2S. The number of benzene rings is 3. The van der Waals surface area contributed by atoms with Crippen LogP contribution in [0.3, 0.4) is 0 Å². The molecule has 5 heteroatoms. The van der Waals surface area contributed by atoms with Crippen LogP contribution in [-0.2, 0) is 17.1 Å². The Hall–Kier alpha value is -3.05. The molecule has 0 spiro atoms. The van der Waals surface area contributed by atoms with Crippen LogP contribution in [0.5, 0.6) is 0 Å². The number of rotatable bonds is 4. The van der Waals surface area contributed by atoms with Crippen molar-refractivity contribution in [3.63, 3.8) is 0 Å². The summed E-state index contributed by atoms with van der Waals surface area (Å²) in [6.45, 7) is 0. The lowest BCUT2D eigenvalue weighted by molar-refractivity contribution is 0.601. The maximum Gasteiger partial charge on any atom is 0.261 e. The van der Waals surface area contributed by atoms with Gasteiger partial charge in [0.1, 0.15) is 0 Å². The summed E-state index contributed by atoms with van der Waals surface area (Å²) in [5.41, 5.74) is 3.80. The van der Waals surface area contributed by atoms with Crippen LogP contribution in [0, 0.1) is 0 Å². The highest BCUT2D eigenvalue weighted by Gasteiger charge is 2.14. The smallest absolute Gasteiger partial charge is 0.261 e. The molecule has 130 valence electrons. The van der Waals surface area contributed by atoms with Gasteiger partial charge in [-0.15, -0.1) is 0 Å². The second-order valence-corrected chi connectivity index (χ2v) is 7.83. The van der Waals surface area contributed by atoms with Crippen molar-refractivity contribution in [2.24, 2.45) is 7.05 Å². The monoisotopic (exact) mass is 362 g/mol. The maximum absolute atomic E-state index is 12.5. The van der Waals surface area contributed by atoms with E-state index in [1.54, 1.807) is 36.4 Å². The number of aryl methyl sites for hydroxylation is 1. The van der Waals surface area contributed by atoms with Crippen molar-refractivity contribution in [2.75, 3.05) is 4.72 Å². The standard InChI is InChI=1S/C21H18N2O2S/c1-23-20-13-12-18(22-26(24,25)19-10-6-3-7-11-19)14-17(20)15-21(23)16-8-4-2-5-9-16/h2-15,22H,1H3. The van der Waals surface area contributed by atoms with Gasteiger partial charge in [0.15, 0.2) is 0 Å². The Morgan fingerprint density at radius 2 is 1.46 bits per heavy atom. The van der Waals surface area contributed by atoms with Gasteiger partial charge < -0.3 is 4.57 Å². The molecule has 0 unspecified atom stereocenters. The van der Waals surface area contributed by atoms with Crippen molar-refractivity contribution in [1.82, 2.24) is 4.57 Å². The largest absolute Gasteiger partial charge is 0.344 e. The van der Waals surface area contributed by atoms with E-state index in [9.17, 15) is 8.42 Å². The van der Waals surface area contributed by atoms with Crippen LogP contribution in [0.2, 0.25) is 0 Å². The molecule has 0 atom stereocenters. The Bertz CT molecular complexity index is 1160. The van der Waals surface area contributed by atoms with Crippen molar-refractivity contribution in [3.05, 3.63) is 84.9 Å². The first kappa shape index (κ1) is 16.4. The van der Waals surface area contributed by atoms with Crippen LogP contribution in [0.15, 0.2) is 89.8 Å². The third-order valence-corrected chi connectivity index (χ3v) is 5.81. The molecule has 0 aliphatic carbocycles. The van der Waals surface area contributed by atoms with Gasteiger partial charge in [-0.05, 0) is 42.0 Å². The normalized spacial score (nSPS) is 11.6. The van der Waals surface area contributed by atoms with Crippen molar-refractivity contribution in [2.45, 2.75) is 4.90 Å². The maximum atomic E-state index is 12.5. The van der Waals surface area contributed by atoms with Gasteiger partial charge in [-0.25, -0.2) is 8.42 Å². The van der Waals surface area contributed by atoms with Crippen molar-refractivity contribution in [1.29, 1.82) is 0 Å². The Morgan fingerprint density at radius 1 is 0.808 bits per heavy atom. The molecular weight excluding hydrogens is 344 g/mol. The fraction of sp³-hybridized carbons (Fsp3) is 0.0476. The van der Waals surface area contributed by atoms with E-state index in [1.165, 1.54) is 0 Å². The van der Waals surface area contributed by atoms with Gasteiger partial charge in [-0.1, -0.05) is 48.5 Å². The molecule has 0 saturated heterocycles. The molecule has 1 aromatic heterocycles. The first-order valence-corrected chi connectivity index (χ1v) is 9.76. The van der Waals surface area contributed by atoms with E-state index in [4.69, 9.17) is 0 Å². The average molecular weight is 362 g/mol. The van der Waals surface area contributed by atoms with Crippen LogP contribution >= 0.6 is 0 Å². The zero-order valence-electron chi connectivity index (χ0n) is 14.3. The van der Waals surface area contributed by atoms with Crippen LogP contribution in [-0.4, -0.2) is 13.0 Å². The van der Waals surface area contributed by atoms with E-state index in [2.05, 4.69) is 27.5 Å².